The van der Waals surface area contributed by atoms with Gasteiger partial charge in [0.2, 0.25) is 0 Å². The number of fused-ring (bicyclic) bond motifs is 1. The Balaban J connectivity index is 2.46. The predicted octanol–water partition coefficient (Wildman–Crippen LogP) is 2.35. The molecule has 0 aromatic heterocycles. The summed E-state index contributed by atoms with van der Waals surface area (Å²) in [6.07, 6.45) is 0. The van der Waals surface area contributed by atoms with Crippen LogP contribution in [0.5, 0.6) is 0 Å². The Kier molecular flexibility index (Phi) is 2.04. The summed E-state index contributed by atoms with van der Waals surface area (Å²) >= 11 is 1.65. The Labute approximate surface area is 81.0 Å². The topological polar surface area (TPSA) is 37.3 Å². The van der Waals surface area contributed by atoms with E-state index in [1.165, 1.54) is 0 Å². The maximum atomic E-state index is 11.0. The third kappa shape index (κ3) is 1.33. The average molecular weight is 194 g/mol. The van der Waals surface area contributed by atoms with Crippen molar-refractivity contribution in [2.45, 2.75) is 23.0 Å². The monoisotopic (exact) mass is 194 g/mol. The first kappa shape index (κ1) is 8.63. The van der Waals surface area contributed by atoms with E-state index in [2.05, 4.69) is 0 Å². The molecule has 1 aromatic carbocycles. The lowest BCUT2D eigenvalue weighted by Crippen LogP contribution is -2.16. The lowest BCUT2D eigenvalue weighted by molar-refractivity contribution is -0.138. The molecule has 1 aliphatic heterocycles. The highest BCUT2D eigenvalue weighted by atomic mass is 32.2. The molecular formula is C10H10O2S. The Morgan fingerprint density at radius 1 is 1.46 bits per heavy atom. The summed E-state index contributed by atoms with van der Waals surface area (Å²) < 4.78 is 0. The molecular weight excluding hydrogens is 184 g/mol. The van der Waals surface area contributed by atoms with Crippen molar-refractivity contribution in [3.8, 4) is 0 Å². The van der Waals surface area contributed by atoms with Crippen LogP contribution in [0.1, 0.15) is 18.4 Å². The van der Waals surface area contributed by atoms with Crippen LogP contribution in [0.25, 0.3) is 0 Å². The number of hydrogen-bond donors (Lipinski definition) is 1. The van der Waals surface area contributed by atoms with Crippen LogP contribution < -0.4 is 0 Å². The Bertz CT molecular complexity index is 349. The van der Waals surface area contributed by atoms with E-state index >= 15 is 0 Å². The van der Waals surface area contributed by atoms with Crippen LogP contribution in [-0.4, -0.2) is 16.3 Å². The molecule has 0 bridgehead atoms. The zero-order valence-electron chi connectivity index (χ0n) is 7.23. The molecule has 13 heavy (non-hydrogen) atoms. The normalized spacial score (nSPS) is 25.6. The summed E-state index contributed by atoms with van der Waals surface area (Å²) in [6.45, 7) is 1.96. The highest BCUT2D eigenvalue weighted by Gasteiger charge is 2.34. The van der Waals surface area contributed by atoms with Gasteiger partial charge >= 0.3 is 5.97 Å². The highest BCUT2D eigenvalue weighted by Crippen LogP contribution is 2.44. The molecule has 0 saturated heterocycles. The molecule has 68 valence electrons. The van der Waals surface area contributed by atoms with Gasteiger partial charge < -0.3 is 5.11 Å². The van der Waals surface area contributed by atoms with E-state index in [-0.39, 0.29) is 11.2 Å². The first-order valence-electron chi connectivity index (χ1n) is 4.18. The summed E-state index contributed by atoms with van der Waals surface area (Å²) in [5.41, 5.74) is 0.965. The lowest BCUT2D eigenvalue weighted by atomic mass is 9.97. The largest absolute Gasteiger partial charge is 0.481 e. The number of carboxylic acids is 1. The highest BCUT2D eigenvalue weighted by molar-refractivity contribution is 8.00. The van der Waals surface area contributed by atoms with Gasteiger partial charge in [0.25, 0.3) is 0 Å². The minimum Gasteiger partial charge on any atom is -0.481 e. The number of rotatable bonds is 1. The van der Waals surface area contributed by atoms with Gasteiger partial charge in [0, 0.05) is 10.1 Å². The molecule has 1 aromatic rings. The van der Waals surface area contributed by atoms with Crippen LogP contribution in [0.2, 0.25) is 0 Å². The summed E-state index contributed by atoms with van der Waals surface area (Å²) in [7, 11) is 0. The Morgan fingerprint density at radius 2 is 2.15 bits per heavy atom. The van der Waals surface area contributed by atoms with E-state index in [0.717, 1.165) is 10.5 Å². The molecule has 0 saturated carbocycles. The first-order chi connectivity index (χ1) is 6.20. The molecule has 2 unspecified atom stereocenters. The molecule has 0 aliphatic carbocycles. The standard InChI is InChI=1S/C10H10O2S/c1-6-9(10(11)12)7-4-2-3-5-8(7)13-6/h2-6,9H,1H3,(H,11,12). The van der Waals surface area contributed by atoms with Gasteiger partial charge in [0.1, 0.15) is 0 Å². The molecule has 3 heteroatoms. The van der Waals surface area contributed by atoms with E-state index < -0.39 is 5.97 Å². The van der Waals surface area contributed by atoms with Crippen molar-refractivity contribution in [1.29, 1.82) is 0 Å². The maximum absolute atomic E-state index is 11.0. The fourth-order valence-electron chi connectivity index (χ4n) is 1.70. The number of carbonyl (C=O) groups is 1. The summed E-state index contributed by atoms with van der Waals surface area (Å²) in [5, 5.41) is 9.17. The molecule has 0 radical (unpaired) electrons. The smallest absolute Gasteiger partial charge is 0.312 e. The van der Waals surface area contributed by atoms with Crippen LogP contribution in [-0.2, 0) is 4.79 Å². The first-order valence-corrected chi connectivity index (χ1v) is 5.06. The summed E-state index contributed by atoms with van der Waals surface area (Å²) in [4.78, 5) is 12.1. The third-order valence-corrected chi connectivity index (χ3v) is 3.57. The minimum atomic E-state index is -0.718. The van der Waals surface area contributed by atoms with Crippen LogP contribution in [0.3, 0.4) is 0 Å². The Hall–Kier alpha value is -0.960. The quantitative estimate of drug-likeness (QED) is 0.745. The fourth-order valence-corrected chi connectivity index (χ4v) is 2.99. The predicted molar refractivity (Wildman–Crippen MR) is 52.1 cm³/mol. The Morgan fingerprint density at radius 3 is 2.85 bits per heavy atom. The van der Waals surface area contributed by atoms with Crippen molar-refractivity contribution in [2.75, 3.05) is 0 Å². The molecule has 0 amide bonds. The van der Waals surface area contributed by atoms with Gasteiger partial charge in [-0.2, -0.15) is 0 Å². The van der Waals surface area contributed by atoms with Crippen LogP contribution in [0.15, 0.2) is 29.2 Å². The lowest BCUT2D eigenvalue weighted by Gasteiger charge is -2.08. The maximum Gasteiger partial charge on any atom is 0.312 e. The molecule has 1 aliphatic rings. The second-order valence-electron chi connectivity index (χ2n) is 3.18. The summed E-state index contributed by atoms with van der Waals surface area (Å²) in [6, 6.07) is 7.74. The molecule has 0 spiro atoms. The second-order valence-corrected chi connectivity index (χ2v) is 4.60. The zero-order valence-corrected chi connectivity index (χ0v) is 8.04. The SMILES string of the molecule is CC1Sc2ccccc2C1C(=O)O. The third-order valence-electron chi connectivity index (χ3n) is 2.30. The minimum absolute atomic E-state index is 0.148. The van der Waals surface area contributed by atoms with Gasteiger partial charge in [-0.25, -0.2) is 0 Å². The number of carboxylic acid groups (broad SMARTS) is 1. The molecule has 2 nitrogen and oxygen atoms in total. The number of thioether (sulfide) groups is 1. The van der Waals surface area contributed by atoms with Crippen LogP contribution in [0, 0.1) is 0 Å². The van der Waals surface area contributed by atoms with Crippen molar-refractivity contribution in [2.24, 2.45) is 0 Å². The molecule has 2 rings (SSSR count). The van der Waals surface area contributed by atoms with E-state index in [9.17, 15) is 4.79 Å². The molecule has 0 fully saturated rings. The van der Waals surface area contributed by atoms with Crippen molar-refractivity contribution < 1.29 is 9.90 Å². The van der Waals surface area contributed by atoms with Gasteiger partial charge in [-0.3, -0.25) is 4.79 Å². The number of benzene rings is 1. The van der Waals surface area contributed by atoms with Crippen molar-refractivity contribution in [3.05, 3.63) is 29.8 Å². The van der Waals surface area contributed by atoms with Gasteiger partial charge in [-0.05, 0) is 11.6 Å². The van der Waals surface area contributed by atoms with Gasteiger partial charge in [-0.1, -0.05) is 25.1 Å². The number of aliphatic carboxylic acids is 1. The van der Waals surface area contributed by atoms with Gasteiger partial charge in [-0.15, -0.1) is 11.8 Å². The van der Waals surface area contributed by atoms with E-state index in [1.54, 1.807) is 11.8 Å². The van der Waals surface area contributed by atoms with Gasteiger partial charge in [0.15, 0.2) is 0 Å². The molecule has 2 atom stereocenters. The summed E-state index contributed by atoms with van der Waals surface area (Å²) in [5.74, 6) is -1.05. The van der Waals surface area contributed by atoms with Crippen molar-refractivity contribution >= 4 is 17.7 Å². The fraction of sp³-hybridized carbons (Fsp3) is 0.300. The van der Waals surface area contributed by atoms with Crippen LogP contribution in [0.4, 0.5) is 0 Å². The molecule has 1 heterocycles. The van der Waals surface area contributed by atoms with Crippen molar-refractivity contribution in [1.82, 2.24) is 0 Å². The number of hydrogen-bond acceptors (Lipinski definition) is 2. The van der Waals surface area contributed by atoms with E-state index in [4.69, 9.17) is 5.11 Å². The van der Waals surface area contributed by atoms with Crippen LogP contribution >= 0.6 is 11.8 Å². The zero-order chi connectivity index (χ0) is 9.42. The van der Waals surface area contributed by atoms with E-state index in [0.29, 0.717) is 0 Å². The van der Waals surface area contributed by atoms with E-state index in [1.807, 2.05) is 31.2 Å². The van der Waals surface area contributed by atoms with Crippen molar-refractivity contribution in [3.63, 3.8) is 0 Å². The average Bonchev–Trinajstić information content (AvgIpc) is 2.39. The second kappa shape index (κ2) is 3.07. The van der Waals surface area contributed by atoms with Gasteiger partial charge in [0.05, 0.1) is 5.92 Å². The molecule has 1 N–H and O–H groups in total.